The second-order valence-corrected chi connectivity index (χ2v) is 9.55. The van der Waals surface area contributed by atoms with Crippen LogP contribution in [-0.2, 0) is 9.59 Å². The van der Waals surface area contributed by atoms with E-state index in [9.17, 15) is 27.6 Å². The summed E-state index contributed by atoms with van der Waals surface area (Å²) < 4.78 is 42.6. The van der Waals surface area contributed by atoms with E-state index in [1.54, 1.807) is 18.2 Å². The molecule has 10 heteroatoms. The third kappa shape index (κ3) is 7.63. The third-order valence-electron chi connectivity index (χ3n) is 6.52. The fraction of sp³-hybridized carbons (Fsp3) is 0.267. The quantitative estimate of drug-likeness (QED) is 0.331. The number of ether oxygens (including phenoxy) is 1. The molecule has 0 spiro atoms. The predicted octanol–water partition coefficient (Wildman–Crippen LogP) is 4.60. The van der Waals surface area contributed by atoms with E-state index in [2.05, 4.69) is 20.4 Å². The molecular formula is C30H28F3N3O4. The van der Waals surface area contributed by atoms with Gasteiger partial charge in [-0.15, -0.1) is 0 Å². The van der Waals surface area contributed by atoms with Crippen molar-refractivity contribution >= 4 is 23.5 Å². The number of halogens is 3. The van der Waals surface area contributed by atoms with Crippen molar-refractivity contribution in [3.63, 3.8) is 0 Å². The Bertz CT molecular complexity index is 1390. The molecular weight excluding hydrogens is 523 g/mol. The van der Waals surface area contributed by atoms with Gasteiger partial charge in [0.25, 0.3) is 5.91 Å². The first kappa shape index (κ1) is 28.7. The first-order chi connectivity index (χ1) is 19.1. The van der Waals surface area contributed by atoms with Gasteiger partial charge < -0.3 is 15.4 Å². The highest BCUT2D eigenvalue weighted by Crippen LogP contribution is 2.28. The Morgan fingerprint density at radius 2 is 1.70 bits per heavy atom. The number of rotatable bonds is 7. The maximum Gasteiger partial charge on any atom is 0.491 e. The number of alkyl halides is 3. The zero-order chi connectivity index (χ0) is 28.7. The number of nitrogens with zero attached hydrogens (tertiary/aromatic N) is 1. The number of hydrogen-bond donors (Lipinski definition) is 2. The van der Waals surface area contributed by atoms with Crippen molar-refractivity contribution in [3.05, 3.63) is 101 Å². The van der Waals surface area contributed by atoms with Crippen LogP contribution < -0.4 is 15.4 Å². The van der Waals surface area contributed by atoms with Crippen LogP contribution in [0.2, 0.25) is 0 Å². The Kier molecular flexibility index (Phi) is 9.11. The third-order valence-corrected chi connectivity index (χ3v) is 6.52. The summed E-state index contributed by atoms with van der Waals surface area (Å²) in [5.41, 5.74) is 3.46. The van der Waals surface area contributed by atoms with Crippen LogP contribution >= 0.6 is 0 Å². The second kappa shape index (κ2) is 12.7. The number of nitrogens with one attached hydrogen (secondary N) is 2. The summed E-state index contributed by atoms with van der Waals surface area (Å²) in [6, 6.07) is 22.0. The molecule has 2 atom stereocenters. The molecule has 3 aromatic carbocycles. The Hall–Kier alpha value is -4.31. The van der Waals surface area contributed by atoms with Gasteiger partial charge in [0.05, 0.1) is 5.92 Å². The molecule has 2 amide bonds. The number of aliphatic imine (C=N–C) groups is 1. The molecule has 0 aromatic heterocycles. The van der Waals surface area contributed by atoms with Crippen molar-refractivity contribution in [1.82, 2.24) is 10.6 Å². The fourth-order valence-corrected chi connectivity index (χ4v) is 4.41. The van der Waals surface area contributed by atoms with Crippen LogP contribution in [-0.4, -0.2) is 49.3 Å². The Morgan fingerprint density at radius 3 is 2.40 bits per heavy atom. The summed E-state index contributed by atoms with van der Waals surface area (Å²) in [6.07, 6.45) is -4.81. The topological polar surface area (TPSA) is 96.9 Å². The number of benzene rings is 3. The standard InChI is InChI=1S/C30H28F3N3O4/c1-19-10-12-21(13-11-19)28(38)36-24-14-23(16-34-17-24)27(37)35-18-26(20-6-3-2-4-7-20)22-8-5-9-25(15-22)40-29(39)30(31,32)33/h2-13,15,23,26,34H,14,16-18H2,1H3,(H,35,37)/t23-,26?/m0/s1. The van der Waals surface area contributed by atoms with Gasteiger partial charge >= 0.3 is 12.1 Å². The van der Waals surface area contributed by atoms with E-state index in [0.29, 0.717) is 36.3 Å². The molecule has 0 bridgehead atoms. The van der Waals surface area contributed by atoms with Gasteiger partial charge in [0.1, 0.15) is 5.75 Å². The van der Waals surface area contributed by atoms with Crippen molar-refractivity contribution < 1.29 is 32.3 Å². The molecule has 1 fully saturated rings. The second-order valence-electron chi connectivity index (χ2n) is 9.55. The fourth-order valence-electron chi connectivity index (χ4n) is 4.41. The van der Waals surface area contributed by atoms with Gasteiger partial charge in [0.2, 0.25) is 5.91 Å². The van der Waals surface area contributed by atoms with Crippen molar-refractivity contribution in [3.8, 4) is 5.75 Å². The lowest BCUT2D eigenvalue weighted by Crippen LogP contribution is -2.45. The van der Waals surface area contributed by atoms with Gasteiger partial charge in [-0.1, -0.05) is 60.2 Å². The van der Waals surface area contributed by atoms with E-state index in [4.69, 9.17) is 0 Å². The number of carbonyl (C=O) groups is 3. The van der Waals surface area contributed by atoms with Crippen LogP contribution in [0, 0.1) is 12.8 Å². The summed E-state index contributed by atoms with van der Waals surface area (Å²) in [4.78, 5) is 41.3. The van der Waals surface area contributed by atoms with Gasteiger partial charge in [0.15, 0.2) is 0 Å². The molecule has 1 saturated heterocycles. The molecule has 4 rings (SSSR count). The number of esters is 1. The summed E-state index contributed by atoms with van der Waals surface area (Å²) in [5.74, 6) is -4.06. The van der Waals surface area contributed by atoms with Crippen LogP contribution in [0.5, 0.6) is 5.75 Å². The average Bonchev–Trinajstić information content (AvgIpc) is 2.94. The SMILES string of the molecule is Cc1ccc(C(=O)N=C2CNC[C@@H](C(=O)NCC(c3ccccc3)c3cccc(OC(=O)C(F)(F)F)c3)C2)cc1. The molecule has 0 saturated carbocycles. The number of carbonyl (C=O) groups excluding carboxylic acids is 3. The molecule has 1 aliphatic rings. The molecule has 1 unspecified atom stereocenters. The number of amides is 2. The molecule has 1 heterocycles. The van der Waals surface area contributed by atoms with Crippen LogP contribution in [0.25, 0.3) is 0 Å². The lowest BCUT2D eigenvalue weighted by Gasteiger charge is -2.25. The predicted molar refractivity (Wildman–Crippen MR) is 143 cm³/mol. The molecule has 7 nitrogen and oxygen atoms in total. The molecule has 208 valence electrons. The Morgan fingerprint density at radius 1 is 1.00 bits per heavy atom. The molecule has 40 heavy (non-hydrogen) atoms. The molecule has 2 N–H and O–H groups in total. The van der Waals surface area contributed by atoms with Crippen LogP contribution in [0.4, 0.5) is 13.2 Å². The highest BCUT2D eigenvalue weighted by molar-refractivity contribution is 6.05. The van der Waals surface area contributed by atoms with Crippen LogP contribution in [0.1, 0.15) is 39.4 Å². The first-order valence-corrected chi connectivity index (χ1v) is 12.7. The lowest BCUT2D eigenvalue weighted by atomic mass is 9.90. The van der Waals surface area contributed by atoms with Gasteiger partial charge in [-0.25, -0.2) is 9.79 Å². The summed E-state index contributed by atoms with van der Waals surface area (Å²) in [6.45, 7) is 2.88. The van der Waals surface area contributed by atoms with Gasteiger partial charge in [-0.05, 0) is 48.7 Å². The largest absolute Gasteiger partial charge is 0.491 e. The number of hydrogen-bond acceptors (Lipinski definition) is 5. The first-order valence-electron chi connectivity index (χ1n) is 12.7. The summed E-state index contributed by atoms with van der Waals surface area (Å²) >= 11 is 0. The minimum Gasteiger partial charge on any atom is -0.420 e. The lowest BCUT2D eigenvalue weighted by molar-refractivity contribution is -0.189. The maximum atomic E-state index is 13.1. The van der Waals surface area contributed by atoms with Gasteiger partial charge in [0, 0.05) is 36.8 Å². The molecule has 0 aliphatic carbocycles. The Labute approximate surface area is 229 Å². The monoisotopic (exact) mass is 551 g/mol. The molecule has 1 aliphatic heterocycles. The van der Waals surface area contributed by atoms with E-state index in [-0.39, 0.29) is 24.1 Å². The van der Waals surface area contributed by atoms with E-state index in [1.807, 2.05) is 49.4 Å². The zero-order valence-corrected chi connectivity index (χ0v) is 21.7. The van der Waals surface area contributed by atoms with Crippen molar-refractivity contribution in [2.45, 2.75) is 25.4 Å². The Balaban J connectivity index is 1.45. The van der Waals surface area contributed by atoms with Crippen LogP contribution in [0.3, 0.4) is 0 Å². The van der Waals surface area contributed by atoms with Gasteiger partial charge in [-0.2, -0.15) is 13.2 Å². The normalized spacial score (nSPS) is 17.2. The van der Waals surface area contributed by atoms with Crippen LogP contribution in [0.15, 0.2) is 83.9 Å². The van der Waals surface area contributed by atoms with E-state index < -0.39 is 24.0 Å². The van der Waals surface area contributed by atoms with E-state index in [0.717, 1.165) is 11.1 Å². The van der Waals surface area contributed by atoms with E-state index >= 15 is 0 Å². The van der Waals surface area contributed by atoms with Gasteiger partial charge in [-0.3, -0.25) is 9.59 Å². The summed E-state index contributed by atoms with van der Waals surface area (Å²) in [7, 11) is 0. The van der Waals surface area contributed by atoms with Crippen molar-refractivity contribution in [2.24, 2.45) is 10.9 Å². The average molecular weight is 552 g/mol. The van der Waals surface area contributed by atoms with Crippen molar-refractivity contribution in [1.29, 1.82) is 0 Å². The smallest absolute Gasteiger partial charge is 0.420 e. The molecule has 3 aromatic rings. The highest BCUT2D eigenvalue weighted by Gasteiger charge is 2.41. The number of piperidine rings is 1. The maximum absolute atomic E-state index is 13.1. The van der Waals surface area contributed by atoms with E-state index in [1.165, 1.54) is 18.2 Å². The van der Waals surface area contributed by atoms with Crippen molar-refractivity contribution in [2.75, 3.05) is 19.6 Å². The highest BCUT2D eigenvalue weighted by atomic mass is 19.4. The molecule has 0 radical (unpaired) electrons. The minimum atomic E-state index is -5.12. The zero-order valence-electron chi connectivity index (χ0n) is 21.7. The number of aryl methyl sites for hydroxylation is 1. The minimum absolute atomic E-state index is 0.144. The summed E-state index contributed by atoms with van der Waals surface area (Å²) in [5, 5.41) is 6.08.